The smallest absolute Gasteiger partial charge is 0.407 e. The molecule has 0 unspecified atom stereocenters. The van der Waals surface area contributed by atoms with Crippen LogP contribution in [0.4, 0.5) is 9.59 Å². The van der Waals surface area contributed by atoms with E-state index in [2.05, 4.69) is 71.3 Å². The van der Waals surface area contributed by atoms with Crippen molar-refractivity contribution in [1.29, 1.82) is 0 Å². The molecule has 0 spiro atoms. The number of carbonyl (C=O) groups is 4. The average Bonchev–Trinajstić information content (AvgIpc) is 4.08. The zero-order valence-electron chi connectivity index (χ0n) is 33.1. The van der Waals surface area contributed by atoms with Gasteiger partial charge in [-0.15, -0.1) is 0 Å². The van der Waals surface area contributed by atoms with E-state index in [0.717, 1.165) is 65.6 Å². The molecule has 0 radical (unpaired) electrons. The topological polar surface area (TPSA) is 148 Å². The summed E-state index contributed by atoms with van der Waals surface area (Å²) in [5.41, 5.74) is 8.85. The highest BCUT2D eigenvalue weighted by atomic mass is 16.5. The number of allylic oxidation sites excluding steroid dienone is 4. The number of methoxy groups -OCH3 is 4. The van der Waals surface area contributed by atoms with Crippen molar-refractivity contribution in [2.45, 2.75) is 88.7 Å². The average molecular weight is 768 g/mol. The van der Waals surface area contributed by atoms with Crippen molar-refractivity contribution in [1.82, 2.24) is 20.4 Å². The van der Waals surface area contributed by atoms with Crippen LogP contribution >= 0.6 is 0 Å². The second-order valence-corrected chi connectivity index (χ2v) is 14.7. The molecule has 2 fully saturated rings. The molecule has 0 aromatic heterocycles. The van der Waals surface area contributed by atoms with Crippen molar-refractivity contribution in [2.75, 3.05) is 41.5 Å². The van der Waals surface area contributed by atoms with Gasteiger partial charge in [-0.25, -0.2) is 9.59 Å². The second-order valence-electron chi connectivity index (χ2n) is 14.7. The predicted molar refractivity (Wildman–Crippen MR) is 214 cm³/mol. The van der Waals surface area contributed by atoms with Crippen LogP contribution in [0.3, 0.4) is 0 Å². The maximum absolute atomic E-state index is 13.7. The lowest BCUT2D eigenvalue weighted by Crippen LogP contribution is -2.56. The lowest BCUT2D eigenvalue weighted by molar-refractivity contribution is -0.137. The number of nitrogens with zero attached hydrogens (tertiary/aromatic N) is 3. The van der Waals surface area contributed by atoms with Gasteiger partial charge in [0.15, 0.2) is 0 Å². The quantitative estimate of drug-likeness (QED) is 0.262. The summed E-state index contributed by atoms with van der Waals surface area (Å²) < 4.78 is 20.4. The molecule has 2 aromatic carbocycles. The molecule has 2 aromatic rings. The van der Waals surface area contributed by atoms with Gasteiger partial charge >= 0.3 is 12.2 Å². The zero-order valence-corrected chi connectivity index (χ0v) is 33.1. The Morgan fingerprint density at radius 2 is 1.11 bits per heavy atom. The number of likely N-dealkylation sites (tertiary alicyclic amines) is 2. The first-order valence-corrected chi connectivity index (χ1v) is 19.3. The fourth-order valence-electron chi connectivity index (χ4n) is 8.11. The number of carbonyl (C=O) groups excluding carboxylic acids is 4. The van der Waals surface area contributed by atoms with Crippen LogP contribution in [0.15, 0.2) is 77.4 Å². The van der Waals surface area contributed by atoms with Crippen molar-refractivity contribution < 1.29 is 38.1 Å². The third kappa shape index (κ3) is 8.74. The minimum absolute atomic E-state index is 0.0384. The van der Waals surface area contributed by atoms with Crippen molar-refractivity contribution in [3.8, 4) is 11.1 Å². The lowest BCUT2D eigenvalue weighted by atomic mass is 9.94. The number of benzene rings is 2. The van der Waals surface area contributed by atoms with Crippen molar-refractivity contribution in [2.24, 2.45) is 4.99 Å². The molecule has 4 aliphatic rings. The molecule has 13 nitrogen and oxygen atoms in total. The summed E-state index contributed by atoms with van der Waals surface area (Å²) in [6.07, 6.45) is 8.62. The van der Waals surface area contributed by atoms with Gasteiger partial charge in [-0.2, -0.15) is 0 Å². The van der Waals surface area contributed by atoms with E-state index in [9.17, 15) is 19.2 Å². The fourth-order valence-corrected chi connectivity index (χ4v) is 8.11. The Kier molecular flexibility index (Phi) is 13.1. The summed E-state index contributed by atoms with van der Waals surface area (Å²) >= 11 is 0. The molecular weight excluding hydrogens is 714 g/mol. The second kappa shape index (κ2) is 18.1. The molecule has 13 heteroatoms. The van der Waals surface area contributed by atoms with Crippen molar-refractivity contribution >= 4 is 40.9 Å². The molecule has 298 valence electrons. The predicted octanol–water partition coefficient (Wildman–Crippen LogP) is 5.75. The van der Waals surface area contributed by atoms with Crippen molar-refractivity contribution in [3.05, 3.63) is 83.6 Å². The van der Waals surface area contributed by atoms with E-state index in [1.54, 1.807) is 13.8 Å². The van der Waals surface area contributed by atoms with Gasteiger partial charge in [0.2, 0.25) is 11.8 Å². The first-order chi connectivity index (χ1) is 27.1. The van der Waals surface area contributed by atoms with Crippen LogP contribution in [0, 0.1) is 0 Å². The van der Waals surface area contributed by atoms with E-state index in [1.807, 2.05) is 16.0 Å². The van der Waals surface area contributed by atoms with E-state index >= 15 is 0 Å². The number of ether oxygens (including phenoxy) is 4. The molecule has 2 saturated heterocycles. The zero-order chi connectivity index (χ0) is 39.9. The number of amides is 4. The lowest BCUT2D eigenvalue weighted by Gasteiger charge is -2.32. The molecule has 6 rings (SSSR count). The minimum atomic E-state index is -0.865. The highest BCUT2D eigenvalue weighted by molar-refractivity contribution is 6.04. The number of alkyl carbamates (subject to hydrolysis) is 2. The Morgan fingerprint density at radius 1 is 0.643 bits per heavy atom. The van der Waals surface area contributed by atoms with Gasteiger partial charge in [0.05, 0.1) is 38.5 Å². The Balaban J connectivity index is 1.04. The summed E-state index contributed by atoms with van der Waals surface area (Å²) in [6.45, 7) is 4.72. The number of hydrogen-bond donors (Lipinski definition) is 2. The minimum Gasteiger partial charge on any atom is -0.453 e. The SMILES string of the molecule is COC(=O)N[C@H](C(=O)N1CCC[C@H]1C1=CC=C(c2ccc(-c3ccc(C4=CN=C([C@@H]5CCCN5C(=O)[C@@H](NC(=O)OC)[C@@H](C)OC)C4)cc3)cc2)C1)[C@@H](C)OC. The molecule has 0 saturated carbocycles. The number of nitrogens with one attached hydrogen (secondary N) is 2. The van der Waals surface area contributed by atoms with Gasteiger partial charge in [-0.1, -0.05) is 60.7 Å². The number of rotatable bonds is 13. The van der Waals surface area contributed by atoms with Gasteiger partial charge in [0.25, 0.3) is 0 Å². The Hall–Kier alpha value is -5.27. The first-order valence-electron chi connectivity index (χ1n) is 19.3. The first kappa shape index (κ1) is 40.4. The molecule has 3 heterocycles. The van der Waals surface area contributed by atoms with Gasteiger partial charge < -0.3 is 39.4 Å². The normalized spacial score (nSPS) is 21.3. The molecule has 6 atom stereocenters. The summed E-state index contributed by atoms with van der Waals surface area (Å²) in [7, 11) is 5.58. The van der Waals surface area contributed by atoms with Gasteiger partial charge in [0, 0.05) is 45.6 Å². The van der Waals surface area contributed by atoms with E-state index in [-0.39, 0.29) is 23.9 Å². The third-order valence-corrected chi connectivity index (χ3v) is 11.5. The Morgan fingerprint density at radius 3 is 1.61 bits per heavy atom. The maximum atomic E-state index is 13.7. The molecule has 56 heavy (non-hydrogen) atoms. The van der Waals surface area contributed by atoms with E-state index < -0.39 is 36.5 Å². The van der Waals surface area contributed by atoms with E-state index in [1.165, 1.54) is 39.6 Å². The van der Waals surface area contributed by atoms with Crippen LogP contribution in [-0.4, -0.2) is 117 Å². The summed E-state index contributed by atoms with van der Waals surface area (Å²) in [5.74, 6) is -0.372. The third-order valence-electron chi connectivity index (χ3n) is 11.5. The van der Waals surface area contributed by atoms with E-state index in [4.69, 9.17) is 23.9 Å². The molecule has 0 bridgehead atoms. The number of hydrogen-bond acceptors (Lipinski definition) is 9. The van der Waals surface area contributed by atoms with Crippen LogP contribution in [0.5, 0.6) is 0 Å². The van der Waals surface area contributed by atoms with Crippen LogP contribution in [-0.2, 0) is 28.5 Å². The van der Waals surface area contributed by atoms with Gasteiger partial charge in [-0.3, -0.25) is 14.6 Å². The van der Waals surface area contributed by atoms with Crippen LogP contribution in [0.2, 0.25) is 0 Å². The number of aliphatic imine (C=N–C) groups is 1. The Labute approximate surface area is 328 Å². The van der Waals surface area contributed by atoms with Crippen LogP contribution < -0.4 is 10.6 Å². The standard InChI is InChI=1S/C43H53N5O8/c1-26(53-3)38(45-42(51)55-5)40(49)47-21-7-9-36(47)33-20-19-32(23-33)30-15-11-28(12-16-30)29-13-17-31(18-14-29)34-24-35(44-25-34)37-10-8-22-48(37)41(50)39(27(2)54-4)46-43(52)56-6/h11-20,25-27,36-39H,7-10,21-24H2,1-6H3,(H,45,51)(H,46,52)/t26-,27-,36+,37+,38+,39+/m1/s1. The van der Waals surface area contributed by atoms with Crippen LogP contribution in [0.1, 0.15) is 63.5 Å². The van der Waals surface area contributed by atoms with Crippen molar-refractivity contribution in [3.63, 3.8) is 0 Å². The van der Waals surface area contributed by atoms with Gasteiger partial charge in [-0.05, 0) is 84.9 Å². The highest BCUT2D eigenvalue weighted by Crippen LogP contribution is 2.37. The highest BCUT2D eigenvalue weighted by Gasteiger charge is 2.40. The monoisotopic (exact) mass is 767 g/mol. The fraction of sp³-hybridized carbons (Fsp3) is 0.465. The molecule has 1 aliphatic carbocycles. The maximum Gasteiger partial charge on any atom is 0.407 e. The summed E-state index contributed by atoms with van der Waals surface area (Å²) in [5, 5.41) is 5.30. The molecular formula is C43H53N5O8. The Bertz CT molecular complexity index is 1770. The summed E-state index contributed by atoms with van der Waals surface area (Å²) in [4.78, 5) is 59.8. The largest absolute Gasteiger partial charge is 0.453 e. The molecule has 2 N–H and O–H groups in total. The molecule has 4 amide bonds. The van der Waals surface area contributed by atoms with E-state index in [0.29, 0.717) is 19.5 Å². The summed E-state index contributed by atoms with van der Waals surface area (Å²) in [6, 6.07) is 15.2. The van der Waals surface area contributed by atoms with Gasteiger partial charge in [0.1, 0.15) is 12.1 Å². The van der Waals surface area contributed by atoms with Crippen LogP contribution in [0.25, 0.3) is 22.3 Å². The molecule has 3 aliphatic heterocycles.